The van der Waals surface area contributed by atoms with Crippen molar-refractivity contribution in [2.75, 3.05) is 25.1 Å². The van der Waals surface area contributed by atoms with Gasteiger partial charge in [-0.3, -0.25) is 0 Å². The standard InChI is InChI=1S/C12H19N3O2/c1-2-6-13-12-14-7-3-11(15-12)17-10-4-8-16-9-5-10/h3,7,10H,2,4-6,8-9H2,1H3,(H,13,14,15). The second-order valence-electron chi connectivity index (χ2n) is 4.07. The summed E-state index contributed by atoms with van der Waals surface area (Å²) >= 11 is 0. The Morgan fingerprint density at radius 3 is 3.06 bits per heavy atom. The van der Waals surface area contributed by atoms with Gasteiger partial charge in [0.15, 0.2) is 0 Å². The van der Waals surface area contributed by atoms with Crippen LogP contribution >= 0.6 is 0 Å². The lowest BCUT2D eigenvalue weighted by molar-refractivity contribution is 0.0237. The van der Waals surface area contributed by atoms with E-state index in [-0.39, 0.29) is 6.10 Å². The Labute approximate surface area is 102 Å². The topological polar surface area (TPSA) is 56.3 Å². The monoisotopic (exact) mass is 237 g/mol. The summed E-state index contributed by atoms with van der Waals surface area (Å²) in [7, 11) is 0. The van der Waals surface area contributed by atoms with Crippen molar-refractivity contribution in [1.82, 2.24) is 9.97 Å². The molecule has 1 fully saturated rings. The lowest BCUT2D eigenvalue weighted by Crippen LogP contribution is -2.26. The summed E-state index contributed by atoms with van der Waals surface area (Å²) in [5.74, 6) is 1.28. The second-order valence-corrected chi connectivity index (χ2v) is 4.07. The van der Waals surface area contributed by atoms with Gasteiger partial charge in [-0.05, 0) is 6.42 Å². The minimum Gasteiger partial charge on any atom is -0.474 e. The first kappa shape index (κ1) is 12.1. The van der Waals surface area contributed by atoms with E-state index >= 15 is 0 Å². The van der Waals surface area contributed by atoms with Gasteiger partial charge < -0.3 is 14.8 Å². The SMILES string of the molecule is CCCNc1nccc(OC2CCOCC2)n1. The summed E-state index contributed by atoms with van der Waals surface area (Å²) in [5, 5.41) is 3.15. The molecule has 0 atom stereocenters. The van der Waals surface area contributed by atoms with Gasteiger partial charge in [-0.1, -0.05) is 6.92 Å². The lowest BCUT2D eigenvalue weighted by Gasteiger charge is -2.22. The van der Waals surface area contributed by atoms with Crippen molar-refractivity contribution in [2.24, 2.45) is 0 Å². The highest BCUT2D eigenvalue weighted by Crippen LogP contribution is 2.16. The van der Waals surface area contributed by atoms with Crippen molar-refractivity contribution in [2.45, 2.75) is 32.3 Å². The molecule has 0 aromatic carbocycles. The van der Waals surface area contributed by atoms with Gasteiger partial charge in [-0.15, -0.1) is 0 Å². The number of anilines is 1. The number of rotatable bonds is 5. The van der Waals surface area contributed by atoms with E-state index in [1.807, 2.05) is 0 Å². The molecule has 1 saturated heterocycles. The van der Waals surface area contributed by atoms with Crippen molar-refractivity contribution < 1.29 is 9.47 Å². The van der Waals surface area contributed by atoms with Crippen LogP contribution in [0.4, 0.5) is 5.95 Å². The Balaban J connectivity index is 1.90. The number of hydrogen-bond acceptors (Lipinski definition) is 5. The number of nitrogens with zero attached hydrogens (tertiary/aromatic N) is 2. The van der Waals surface area contributed by atoms with Crippen molar-refractivity contribution in [3.8, 4) is 5.88 Å². The Morgan fingerprint density at radius 2 is 2.29 bits per heavy atom. The predicted octanol–water partition coefficient (Wildman–Crippen LogP) is 1.86. The first-order valence-electron chi connectivity index (χ1n) is 6.20. The molecule has 0 unspecified atom stereocenters. The molecular formula is C12H19N3O2. The minimum atomic E-state index is 0.220. The van der Waals surface area contributed by atoms with E-state index < -0.39 is 0 Å². The summed E-state index contributed by atoms with van der Waals surface area (Å²) in [5.41, 5.74) is 0. The minimum absolute atomic E-state index is 0.220. The third-order valence-electron chi connectivity index (χ3n) is 2.62. The largest absolute Gasteiger partial charge is 0.474 e. The van der Waals surface area contributed by atoms with Gasteiger partial charge in [0, 0.05) is 31.6 Å². The van der Waals surface area contributed by atoms with Crippen molar-refractivity contribution in [3.05, 3.63) is 12.3 Å². The predicted molar refractivity (Wildman–Crippen MR) is 65.3 cm³/mol. The van der Waals surface area contributed by atoms with Gasteiger partial charge in [0.25, 0.3) is 0 Å². The maximum absolute atomic E-state index is 5.80. The van der Waals surface area contributed by atoms with Gasteiger partial charge in [0.05, 0.1) is 13.2 Å². The fourth-order valence-electron chi connectivity index (χ4n) is 1.69. The lowest BCUT2D eigenvalue weighted by atomic mass is 10.2. The number of nitrogens with one attached hydrogen (secondary N) is 1. The highest BCUT2D eigenvalue weighted by atomic mass is 16.5. The smallest absolute Gasteiger partial charge is 0.225 e. The first-order chi connectivity index (χ1) is 8.38. The van der Waals surface area contributed by atoms with Crippen LogP contribution in [0.5, 0.6) is 5.88 Å². The first-order valence-corrected chi connectivity index (χ1v) is 6.20. The fourth-order valence-corrected chi connectivity index (χ4v) is 1.69. The molecule has 1 aromatic rings. The van der Waals surface area contributed by atoms with E-state index in [4.69, 9.17) is 9.47 Å². The van der Waals surface area contributed by atoms with Crippen molar-refractivity contribution >= 4 is 5.95 Å². The Hall–Kier alpha value is -1.36. The van der Waals surface area contributed by atoms with Crippen LogP contribution in [0.3, 0.4) is 0 Å². The molecule has 0 aliphatic carbocycles. The van der Waals surface area contributed by atoms with Crippen LogP contribution < -0.4 is 10.1 Å². The van der Waals surface area contributed by atoms with Crippen LogP contribution in [0.15, 0.2) is 12.3 Å². The van der Waals surface area contributed by atoms with Crippen LogP contribution in [0.25, 0.3) is 0 Å². The number of aromatic nitrogens is 2. The van der Waals surface area contributed by atoms with Gasteiger partial charge in [-0.25, -0.2) is 4.98 Å². The Bertz CT molecular complexity index is 340. The van der Waals surface area contributed by atoms with E-state index in [1.165, 1.54) is 0 Å². The highest BCUT2D eigenvalue weighted by molar-refractivity contribution is 5.27. The summed E-state index contributed by atoms with van der Waals surface area (Å²) in [6.45, 7) is 4.53. The Morgan fingerprint density at radius 1 is 1.47 bits per heavy atom. The quantitative estimate of drug-likeness (QED) is 0.847. The van der Waals surface area contributed by atoms with Gasteiger partial charge in [0.2, 0.25) is 11.8 Å². The zero-order valence-electron chi connectivity index (χ0n) is 10.2. The molecule has 1 aromatic heterocycles. The van der Waals surface area contributed by atoms with Gasteiger partial charge in [-0.2, -0.15) is 4.98 Å². The number of hydrogen-bond donors (Lipinski definition) is 1. The third kappa shape index (κ3) is 3.85. The molecule has 2 heterocycles. The highest BCUT2D eigenvalue weighted by Gasteiger charge is 2.15. The van der Waals surface area contributed by atoms with E-state index in [1.54, 1.807) is 12.3 Å². The van der Waals surface area contributed by atoms with Crippen LogP contribution in [-0.4, -0.2) is 35.8 Å². The molecule has 17 heavy (non-hydrogen) atoms. The molecule has 1 N–H and O–H groups in total. The zero-order valence-corrected chi connectivity index (χ0v) is 10.2. The molecule has 5 nitrogen and oxygen atoms in total. The number of ether oxygens (including phenoxy) is 2. The summed E-state index contributed by atoms with van der Waals surface area (Å²) in [6.07, 6.45) is 4.86. The summed E-state index contributed by atoms with van der Waals surface area (Å²) in [6, 6.07) is 1.80. The molecule has 1 aliphatic rings. The molecule has 0 spiro atoms. The zero-order chi connectivity index (χ0) is 11.9. The maximum atomic E-state index is 5.80. The maximum Gasteiger partial charge on any atom is 0.225 e. The van der Waals surface area contributed by atoms with Crippen LogP contribution in [0.2, 0.25) is 0 Å². The van der Waals surface area contributed by atoms with E-state index in [9.17, 15) is 0 Å². The van der Waals surface area contributed by atoms with Crippen LogP contribution in [-0.2, 0) is 4.74 Å². The average Bonchev–Trinajstić information content (AvgIpc) is 2.38. The fraction of sp³-hybridized carbons (Fsp3) is 0.667. The normalized spacial score (nSPS) is 16.8. The summed E-state index contributed by atoms with van der Waals surface area (Å²) in [4.78, 5) is 8.46. The molecule has 0 bridgehead atoms. The molecule has 2 rings (SSSR count). The molecule has 94 valence electrons. The average molecular weight is 237 g/mol. The van der Waals surface area contributed by atoms with Crippen LogP contribution in [0.1, 0.15) is 26.2 Å². The third-order valence-corrected chi connectivity index (χ3v) is 2.62. The van der Waals surface area contributed by atoms with E-state index in [2.05, 4.69) is 22.2 Å². The van der Waals surface area contributed by atoms with Gasteiger partial charge >= 0.3 is 0 Å². The van der Waals surface area contributed by atoms with Crippen molar-refractivity contribution in [3.63, 3.8) is 0 Å². The molecule has 0 radical (unpaired) electrons. The van der Waals surface area contributed by atoms with E-state index in [0.717, 1.165) is 39.0 Å². The molecular weight excluding hydrogens is 218 g/mol. The second kappa shape index (κ2) is 6.39. The van der Waals surface area contributed by atoms with Crippen LogP contribution in [0, 0.1) is 0 Å². The Kier molecular flexibility index (Phi) is 4.55. The van der Waals surface area contributed by atoms with E-state index in [0.29, 0.717) is 11.8 Å². The summed E-state index contributed by atoms with van der Waals surface area (Å²) < 4.78 is 11.1. The molecule has 5 heteroatoms. The molecule has 1 aliphatic heterocycles. The molecule has 0 saturated carbocycles. The van der Waals surface area contributed by atoms with Gasteiger partial charge in [0.1, 0.15) is 6.10 Å². The molecule has 0 amide bonds. The van der Waals surface area contributed by atoms with Crippen molar-refractivity contribution in [1.29, 1.82) is 0 Å².